The normalized spacial score (nSPS) is 14.1. The number of piperazine rings is 1. The number of hydrogen-bond donors (Lipinski definition) is 0. The van der Waals surface area contributed by atoms with Crippen molar-refractivity contribution in [2.45, 2.75) is 4.90 Å². The molecule has 0 unspecified atom stereocenters. The van der Waals surface area contributed by atoms with E-state index in [0.717, 1.165) is 15.7 Å². The van der Waals surface area contributed by atoms with Crippen molar-refractivity contribution < 1.29 is 22.7 Å². The van der Waals surface area contributed by atoms with E-state index in [1.165, 1.54) is 26.2 Å². The van der Waals surface area contributed by atoms with Crippen LogP contribution in [-0.2, 0) is 10.0 Å². The van der Waals surface area contributed by atoms with Crippen molar-refractivity contribution in [3.8, 4) is 22.8 Å². The van der Waals surface area contributed by atoms with Crippen molar-refractivity contribution in [3.63, 3.8) is 0 Å². The van der Waals surface area contributed by atoms with Crippen LogP contribution in [0.5, 0.6) is 11.5 Å². The number of benzene rings is 2. The minimum absolute atomic E-state index is 0.130. The highest BCUT2D eigenvalue weighted by Crippen LogP contribution is 2.32. The molecule has 0 atom stereocenters. The van der Waals surface area contributed by atoms with Crippen molar-refractivity contribution >= 4 is 21.7 Å². The third-order valence-electron chi connectivity index (χ3n) is 6.10. The Labute approximate surface area is 211 Å². The molecule has 1 aromatic heterocycles. The van der Waals surface area contributed by atoms with Crippen LogP contribution in [-0.4, -0.2) is 88.2 Å². The van der Waals surface area contributed by atoms with Crippen molar-refractivity contribution in [1.29, 1.82) is 0 Å². The number of sulfonamides is 1. The van der Waals surface area contributed by atoms with Gasteiger partial charge in [0.25, 0.3) is 5.91 Å². The van der Waals surface area contributed by atoms with Gasteiger partial charge in [0.15, 0.2) is 5.82 Å². The largest absolute Gasteiger partial charge is 0.497 e. The van der Waals surface area contributed by atoms with Crippen LogP contribution in [0, 0.1) is 0 Å². The van der Waals surface area contributed by atoms with Crippen LogP contribution in [0.2, 0.25) is 0 Å². The standard InChI is InChI=1S/C25H29N5O5S/c1-28(2)36(32,33)20-8-5-18(6-9-20)25(31)30-15-13-29(14-16-30)24-12-10-22(26-27-24)21-17-19(34-3)7-11-23(21)35-4/h5-12,17H,13-16H2,1-4H3. The van der Waals surface area contributed by atoms with E-state index in [2.05, 4.69) is 15.1 Å². The lowest BCUT2D eigenvalue weighted by Crippen LogP contribution is -2.49. The molecule has 0 radical (unpaired) electrons. The first-order chi connectivity index (χ1) is 17.2. The summed E-state index contributed by atoms with van der Waals surface area (Å²) in [4.78, 5) is 16.9. The number of methoxy groups -OCH3 is 2. The van der Waals surface area contributed by atoms with Crippen LogP contribution < -0.4 is 14.4 Å². The molecule has 2 aromatic carbocycles. The third-order valence-corrected chi connectivity index (χ3v) is 7.93. The Morgan fingerprint density at radius 1 is 0.889 bits per heavy atom. The van der Waals surface area contributed by atoms with Gasteiger partial charge in [-0.15, -0.1) is 10.2 Å². The summed E-state index contributed by atoms with van der Waals surface area (Å²) in [5.74, 6) is 1.98. The Balaban J connectivity index is 1.40. The molecule has 4 rings (SSSR count). The van der Waals surface area contributed by atoms with Gasteiger partial charge < -0.3 is 19.3 Å². The molecule has 2 heterocycles. The number of aromatic nitrogens is 2. The SMILES string of the molecule is COc1ccc(OC)c(-c2ccc(N3CCN(C(=O)c4ccc(S(=O)(=O)N(C)C)cc4)CC3)nn2)c1. The summed E-state index contributed by atoms with van der Waals surface area (Å²) in [6.07, 6.45) is 0. The molecule has 3 aromatic rings. The van der Waals surface area contributed by atoms with Crippen molar-refractivity contribution in [2.24, 2.45) is 0 Å². The maximum atomic E-state index is 12.9. The van der Waals surface area contributed by atoms with Gasteiger partial charge in [-0.2, -0.15) is 0 Å². The first-order valence-corrected chi connectivity index (χ1v) is 12.8. The number of anilines is 1. The summed E-state index contributed by atoms with van der Waals surface area (Å²) >= 11 is 0. The quantitative estimate of drug-likeness (QED) is 0.476. The highest BCUT2D eigenvalue weighted by molar-refractivity contribution is 7.89. The molecular weight excluding hydrogens is 482 g/mol. The predicted molar refractivity (Wildman–Crippen MR) is 136 cm³/mol. The van der Waals surface area contributed by atoms with Crippen LogP contribution >= 0.6 is 0 Å². The van der Waals surface area contributed by atoms with Gasteiger partial charge in [-0.05, 0) is 54.6 Å². The molecule has 1 aliphatic rings. The summed E-state index contributed by atoms with van der Waals surface area (Å²) in [6.45, 7) is 2.25. The lowest BCUT2D eigenvalue weighted by atomic mass is 10.1. The van der Waals surface area contributed by atoms with Crippen LogP contribution in [0.25, 0.3) is 11.3 Å². The molecule has 0 N–H and O–H groups in total. The molecule has 10 nitrogen and oxygen atoms in total. The zero-order valence-electron chi connectivity index (χ0n) is 20.7. The average molecular weight is 512 g/mol. The predicted octanol–water partition coefficient (Wildman–Crippen LogP) is 2.37. The molecule has 0 aliphatic carbocycles. The van der Waals surface area contributed by atoms with Crippen molar-refractivity contribution in [1.82, 2.24) is 19.4 Å². The number of carbonyl (C=O) groups excluding carboxylic acids is 1. The zero-order chi connectivity index (χ0) is 25.9. The number of rotatable bonds is 7. The molecule has 1 fully saturated rings. The van der Waals surface area contributed by atoms with E-state index in [1.807, 2.05) is 30.3 Å². The lowest BCUT2D eigenvalue weighted by Gasteiger charge is -2.35. The molecule has 0 spiro atoms. The van der Waals surface area contributed by atoms with Gasteiger partial charge >= 0.3 is 0 Å². The molecule has 0 saturated carbocycles. The molecule has 1 saturated heterocycles. The summed E-state index contributed by atoms with van der Waals surface area (Å²) < 4.78 is 36.4. The summed E-state index contributed by atoms with van der Waals surface area (Å²) in [5.41, 5.74) is 1.91. The van der Waals surface area contributed by atoms with Crippen molar-refractivity contribution in [2.75, 3.05) is 59.4 Å². The van der Waals surface area contributed by atoms with Gasteiger partial charge in [0.2, 0.25) is 10.0 Å². The first kappa shape index (κ1) is 25.4. The Hall–Kier alpha value is -3.70. The number of ether oxygens (including phenoxy) is 2. The van der Waals surface area contributed by atoms with Gasteiger partial charge in [-0.25, -0.2) is 12.7 Å². The van der Waals surface area contributed by atoms with E-state index in [0.29, 0.717) is 48.9 Å². The maximum Gasteiger partial charge on any atom is 0.253 e. The fraction of sp³-hybridized carbons (Fsp3) is 0.320. The molecule has 11 heteroatoms. The molecule has 190 valence electrons. The second kappa shape index (κ2) is 10.5. The minimum atomic E-state index is -3.53. The van der Waals surface area contributed by atoms with Crippen LogP contribution in [0.4, 0.5) is 5.82 Å². The monoisotopic (exact) mass is 511 g/mol. The molecule has 36 heavy (non-hydrogen) atoms. The zero-order valence-corrected chi connectivity index (χ0v) is 21.5. The van der Waals surface area contributed by atoms with Gasteiger partial charge in [0.1, 0.15) is 11.5 Å². The number of hydrogen-bond acceptors (Lipinski definition) is 8. The van der Waals surface area contributed by atoms with Crippen LogP contribution in [0.15, 0.2) is 59.5 Å². The van der Waals surface area contributed by atoms with Gasteiger partial charge in [-0.3, -0.25) is 4.79 Å². The Morgan fingerprint density at radius 2 is 1.58 bits per heavy atom. The number of nitrogens with zero attached hydrogens (tertiary/aromatic N) is 5. The molecule has 0 bridgehead atoms. The summed E-state index contributed by atoms with van der Waals surface area (Å²) in [5, 5.41) is 8.79. The van der Waals surface area contributed by atoms with E-state index < -0.39 is 10.0 Å². The Kier molecular flexibility index (Phi) is 7.41. The minimum Gasteiger partial charge on any atom is -0.497 e. The molecule has 1 amide bonds. The second-order valence-corrected chi connectivity index (χ2v) is 10.6. The number of amides is 1. The van der Waals surface area contributed by atoms with E-state index in [1.54, 1.807) is 31.3 Å². The Morgan fingerprint density at radius 3 is 2.14 bits per heavy atom. The number of carbonyl (C=O) groups is 1. The van der Waals surface area contributed by atoms with E-state index in [-0.39, 0.29) is 10.8 Å². The van der Waals surface area contributed by atoms with Gasteiger partial charge in [0.05, 0.1) is 24.8 Å². The van der Waals surface area contributed by atoms with E-state index in [4.69, 9.17) is 9.47 Å². The van der Waals surface area contributed by atoms with Gasteiger partial charge in [0, 0.05) is 51.4 Å². The summed E-state index contributed by atoms with van der Waals surface area (Å²) in [6, 6.07) is 15.4. The first-order valence-electron chi connectivity index (χ1n) is 11.4. The van der Waals surface area contributed by atoms with Gasteiger partial charge in [-0.1, -0.05) is 0 Å². The average Bonchev–Trinajstić information content (AvgIpc) is 2.92. The smallest absolute Gasteiger partial charge is 0.253 e. The van der Waals surface area contributed by atoms with Crippen LogP contribution in [0.1, 0.15) is 10.4 Å². The fourth-order valence-corrected chi connectivity index (χ4v) is 4.85. The second-order valence-electron chi connectivity index (χ2n) is 8.43. The topological polar surface area (TPSA) is 105 Å². The molecular formula is C25H29N5O5S. The highest BCUT2D eigenvalue weighted by Gasteiger charge is 2.24. The Bertz CT molecular complexity index is 1320. The lowest BCUT2D eigenvalue weighted by molar-refractivity contribution is 0.0746. The van der Waals surface area contributed by atoms with Crippen LogP contribution in [0.3, 0.4) is 0 Å². The fourth-order valence-electron chi connectivity index (χ4n) is 3.95. The molecule has 1 aliphatic heterocycles. The van der Waals surface area contributed by atoms with E-state index >= 15 is 0 Å². The van der Waals surface area contributed by atoms with Crippen molar-refractivity contribution in [3.05, 3.63) is 60.2 Å². The highest BCUT2D eigenvalue weighted by atomic mass is 32.2. The maximum absolute atomic E-state index is 12.9. The third kappa shape index (κ3) is 5.12. The summed E-state index contributed by atoms with van der Waals surface area (Å²) in [7, 11) is 2.62. The van der Waals surface area contributed by atoms with E-state index in [9.17, 15) is 13.2 Å².